The maximum Gasteiger partial charge on any atom is 0.0135 e. The average Bonchev–Trinajstić information content (AvgIpc) is 2.76. The summed E-state index contributed by atoms with van der Waals surface area (Å²) in [5.41, 5.74) is 1.56. The summed E-state index contributed by atoms with van der Waals surface area (Å²) < 4.78 is 0. The largest absolute Gasteiger partial charge is 0.317 e. The number of rotatable bonds is 6. The van der Waals surface area contributed by atoms with Crippen LogP contribution in [0.2, 0.25) is 0 Å². The molecule has 1 N–H and O–H groups in total. The smallest absolute Gasteiger partial charge is 0.0135 e. The lowest BCUT2D eigenvalue weighted by atomic mass is 10.0. The topological polar surface area (TPSA) is 12.0 Å². The van der Waals surface area contributed by atoms with Crippen LogP contribution in [0.5, 0.6) is 0 Å². The van der Waals surface area contributed by atoms with E-state index in [4.69, 9.17) is 0 Å². The summed E-state index contributed by atoms with van der Waals surface area (Å²) in [4.78, 5) is 1.51. The van der Waals surface area contributed by atoms with Crippen LogP contribution in [0.25, 0.3) is 0 Å². The van der Waals surface area contributed by atoms with Gasteiger partial charge in [-0.05, 0) is 49.9 Å². The maximum atomic E-state index is 3.43. The second-order valence-electron chi connectivity index (χ2n) is 5.04. The van der Waals surface area contributed by atoms with Crippen LogP contribution < -0.4 is 5.32 Å². The Hall–Kier alpha value is -0.470. The molecule has 1 heterocycles. The Morgan fingerprint density at radius 3 is 3.00 bits per heavy atom. The van der Waals surface area contributed by atoms with Crippen LogP contribution >= 0.6 is 11.8 Å². The van der Waals surface area contributed by atoms with Gasteiger partial charge in [-0.1, -0.05) is 32.0 Å². The molecular weight excluding hydrogens is 226 g/mol. The minimum absolute atomic E-state index is 0.805. The van der Waals surface area contributed by atoms with Crippen molar-refractivity contribution in [3.05, 3.63) is 29.8 Å². The van der Waals surface area contributed by atoms with E-state index in [2.05, 4.69) is 55.2 Å². The third-order valence-electron chi connectivity index (χ3n) is 3.44. The summed E-state index contributed by atoms with van der Waals surface area (Å²) in [6, 6.07) is 8.87. The minimum atomic E-state index is 0.805. The van der Waals surface area contributed by atoms with E-state index in [1.54, 1.807) is 5.56 Å². The van der Waals surface area contributed by atoms with E-state index in [1.807, 2.05) is 0 Å². The van der Waals surface area contributed by atoms with Crippen LogP contribution in [0.3, 0.4) is 0 Å². The molecule has 2 rings (SSSR count). The van der Waals surface area contributed by atoms with Crippen LogP contribution in [0.15, 0.2) is 29.2 Å². The molecule has 1 aliphatic heterocycles. The van der Waals surface area contributed by atoms with Gasteiger partial charge >= 0.3 is 0 Å². The first-order valence-electron chi connectivity index (χ1n) is 6.75. The van der Waals surface area contributed by atoms with E-state index < -0.39 is 0 Å². The lowest BCUT2D eigenvalue weighted by Gasteiger charge is -2.14. The molecule has 0 fully saturated rings. The van der Waals surface area contributed by atoms with Crippen molar-refractivity contribution in [2.75, 3.05) is 13.1 Å². The van der Waals surface area contributed by atoms with Gasteiger partial charge in [-0.25, -0.2) is 0 Å². The molecule has 2 unspecified atom stereocenters. The highest BCUT2D eigenvalue weighted by atomic mass is 32.2. The summed E-state index contributed by atoms with van der Waals surface area (Å²) in [6.45, 7) is 6.79. The molecule has 0 spiro atoms. The van der Waals surface area contributed by atoms with Gasteiger partial charge in [-0.3, -0.25) is 0 Å². The SMILES string of the molecule is CCNCC(C)CCC1Cc2ccccc2S1. The first-order valence-corrected chi connectivity index (χ1v) is 7.62. The van der Waals surface area contributed by atoms with Crippen LogP contribution in [0.1, 0.15) is 32.3 Å². The molecule has 0 aromatic heterocycles. The monoisotopic (exact) mass is 249 g/mol. The number of benzene rings is 1. The fourth-order valence-corrected chi connectivity index (χ4v) is 3.71. The Kier molecular flexibility index (Phi) is 4.93. The van der Waals surface area contributed by atoms with Gasteiger partial charge in [0.25, 0.3) is 0 Å². The lowest BCUT2D eigenvalue weighted by Crippen LogP contribution is -2.21. The lowest BCUT2D eigenvalue weighted by molar-refractivity contribution is 0.470. The van der Waals surface area contributed by atoms with Gasteiger partial charge in [0.05, 0.1) is 0 Å². The van der Waals surface area contributed by atoms with Gasteiger partial charge in [-0.2, -0.15) is 0 Å². The number of thioether (sulfide) groups is 1. The van der Waals surface area contributed by atoms with Crippen molar-refractivity contribution in [3.8, 4) is 0 Å². The molecule has 2 atom stereocenters. The van der Waals surface area contributed by atoms with Gasteiger partial charge < -0.3 is 5.32 Å². The van der Waals surface area contributed by atoms with Gasteiger partial charge in [-0.15, -0.1) is 11.8 Å². The highest BCUT2D eigenvalue weighted by Crippen LogP contribution is 2.39. The Labute approximate surface area is 109 Å². The third-order valence-corrected chi connectivity index (χ3v) is 4.83. The predicted octanol–water partition coefficient (Wildman–Crippen LogP) is 3.73. The number of hydrogen-bond acceptors (Lipinski definition) is 2. The molecule has 0 amide bonds. The summed E-state index contributed by atoms with van der Waals surface area (Å²) in [7, 11) is 0. The van der Waals surface area contributed by atoms with E-state index >= 15 is 0 Å². The Morgan fingerprint density at radius 2 is 2.24 bits per heavy atom. The maximum absolute atomic E-state index is 3.43. The molecular formula is C15H23NS. The number of fused-ring (bicyclic) bond motifs is 1. The van der Waals surface area contributed by atoms with Crippen LogP contribution in [0.4, 0.5) is 0 Å². The highest BCUT2D eigenvalue weighted by Gasteiger charge is 2.21. The summed E-state index contributed by atoms with van der Waals surface area (Å²) >= 11 is 2.08. The zero-order valence-electron chi connectivity index (χ0n) is 10.9. The fraction of sp³-hybridized carbons (Fsp3) is 0.600. The van der Waals surface area contributed by atoms with Crippen molar-refractivity contribution in [1.82, 2.24) is 5.32 Å². The molecule has 0 radical (unpaired) electrons. The fourth-order valence-electron chi connectivity index (χ4n) is 2.38. The standard InChI is InChI=1S/C15H23NS/c1-3-16-11-12(2)8-9-14-10-13-6-4-5-7-15(13)17-14/h4-7,12,14,16H,3,8-11H2,1-2H3. The predicted molar refractivity (Wildman–Crippen MR) is 76.7 cm³/mol. The van der Waals surface area contributed by atoms with Crippen LogP contribution in [-0.4, -0.2) is 18.3 Å². The third kappa shape index (κ3) is 3.75. The van der Waals surface area contributed by atoms with E-state index in [9.17, 15) is 0 Å². The van der Waals surface area contributed by atoms with Gasteiger partial charge in [0, 0.05) is 10.1 Å². The zero-order chi connectivity index (χ0) is 12.1. The van der Waals surface area contributed by atoms with Crippen LogP contribution in [-0.2, 0) is 6.42 Å². The van der Waals surface area contributed by atoms with Gasteiger partial charge in [0.1, 0.15) is 0 Å². The first-order chi connectivity index (χ1) is 8.29. The zero-order valence-corrected chi connectivity index (χ0v) is 11.7. The molecule has 0 bridgehead atoms. The molecule has 1 nitrogen and oxygen atoms in total. The second kappa shape index (κ2) is 6.46. The van der Waals surface area contributed by atoms with Crippen molar-refractivity contribution in [1.29, 1.82) is 0 Å². The van der Waals surface area contributed by atoms with E-state index in [0.29, 0.717) is 0 Å². The summed E-state index contributed by atoms with van der Waals surface area (Å²) in [5, 5.41) is 4.25. The van der Waals surface area contributed by atoms with Crippen molar-refractivity contribution < 1.29 is 0 Å². The molecule has 0 saturated carbocycles. The summed E-state index contributed by atoms with van der Waals surface area (Å²) in [6.07, 6.45) is 3.97. The molecule has 94 valence electrons. The first kappa shape index (κ1) is 13.0. The van der Waals surface area contributed by atoms with Crippen molar-refractivity contribution in [2.45, 2.75) is 43.3 Å². The molecule has 17 heavy (non-hydrogen) atoms. The van der Waals surface area contributed by atoms with Crippen molar-refractivity contribution >= 4 is 11.8 Å². The van der Waals surface area contributed by atoms with Gasteiger partial charge in [0.15, 0.2) is 0 Å². The van der Waals surface area contributed by atoms with E-state index in [0.717, 1.165) is 17.7 Å². The molecule has 0 aliphatic carbocycles. The molecule has 2 heteroatoms. The molecule has 1 aromatic rings. The van der Waals surface area contributed by atoms with Crippen molar-refractivity contribution in [2.24, 2.45) is 5.92 Å². The molecule has 0 saturated heterocycles. The number of nitrogens with one attached hydrogen (secondary N) is 1. The Morgan fingerprint density at radius 1 is 1.41 bits per heavy atom. The molecule has 1 aromatic carbocycles. The second-order valence-corrected chi connectivity index (χ2v) is 6.38. The van der Waals surface area contributed by atoms with Gasteiger partial charge in [0.2, 0.25) is 0 Å². The van der Waals surface area contributed by atoms with E-state index in [-0.39, 0.29) is 0 Å². The summed E-state index contributed by atoms with van der Waals surface area (Å²) in [5.74, 6) is 0.805. The molecule has 1 aliphatic rings. The number of hydrogen-bond donors (Lipinski definition) is 1. The minimum Gasteiger partial charge on any atom is -0.317 e. The van der Waals surface area contributed by atoms with E-state index in [1.165, 1.54) is 30.7 Å². The highest BCUT2D eigenvalue weighted by molar-refractivity contribution is 8.00. The average molecular weight is 249 g/mol. The Balaban J connectivity index is 1.73. The Bertz CT molecular complexity index is 326. The van der Waals surface area contributed by atoms with Crippen molar-refractivity contribution in [3.63, 3.8) is 0 Å². The normalized spacial score (nSPS) is 20.2. The van der Waals surface area contributed by atoms with Crippen LogP contribution in [0, 0.1) is 5.92 Å². The quantitative estimate of drug-likeness (QED) is 0.824.